The molecule has 1 aromatic carbocycles. The van der Waals surface area contributed by atoms with E-state index < -0.39 is 0 Å². The maximum Gasteiger partial charge on any atom is 0.227 e. The van der Waals surface area contributed by atoms with Crippen molar-refractivity contribution in [1.82, 2.24) is 0 Å². The minimum Gasteiger partial charge on any atom is -0.493 e. The number of anilines is 1. The van der Waals surface area contributed by atoms with E-state index in [0.29, 0.717) is 5.92 Å². The monoisotopic (exact) mass is 217 g/mol. The molecule has 1 fully saturated rings. The van der Waals surface area contributed by atoms with E-state index in [4.69, 9.17) is 4.74 Å². The Kier molecular flexibility index (Phi) is 2.13. The highest BCUT2D eigenvalue weighted by Crippen LogP contribution is 2.38. The Morgan fingerprint density at radius 1 is 1.50 bits per heavy atom. The van der Waals surface area contributed by atoms with E-state index in [1.54, 1.807) is 0 Å². The van der Waals surface area contributed by atoms with Crippen LogP contribution in [0.1, 0.15) is 18.9 Å². The van der Waals surface area contributed by atoms with Crippen molar-refractivity contribution in [2.75, 3.05) is 11.9 Å². The molecule has 3 heteroatoms. The summed E-state index contributed by atoms with van der Waals surface area (Å²) in [5.41, 5.74) is 2.09. The molecule has 2 aliphatic rings. The van der Waals surface area contributed by atoms with Crippen LogP contribution in [-0.4, -0.2) is 12.5 Å². The number of ether oxygens (including phenoxy) is 1. The Hall–Kier alpha value is -1.51. The number of rotatable bonds is 2. The maximum absolute atomic E-state index is 11.7. The number of carbonyl (C=O) groups is 1. The molecule has 1 amide bonds. The van der Waals surface area contributed by atoms with E-state index in [9.17, 15) is 4.79 Å². The predicted molar refractivity (Wildman–Crippen MR) is 61.5 cm³/mol. The first-order valence-electron chi connectivity index (χ1n) is 5.80. The second-order valence-corrected chi connectivity index (χ2v) is 4.73. The molecular formula is C13H15NO2. The molecule has 0 bridgehead atoms. The lowest BCUT2D eigenvalue weighted by Gasteiger charge is -2.06. The third kappa shape index (κ3) is 1.66. The second-order valence-electron chi connectivity index (χ2n) is 4.73. The largest absolute Gasteiger partial charge is 0.493 e. The summed E-state index contributed by atoms with van der Waals surface area (Å²) < 4.78 is 5.42. The number of hydrogen-bond donors (Lipinski definition) is 1. The van der Waals surface area contributed by atoms with E-state index in [-0.39, 0.29) is 11.8 Å². The molecule has 0 radical (unpaired) electrons. The van der Waals surface area contributed by atoms with Gasteiger partial charge in [-0.3, -0.25) is 4.79 Å². The summed E-state index contributed by atoms with van der Waals surface area (Å²) in [6, 6.07) is 5.87. The number of hydrogen-bond acceptors (Lipinski definition) is 2. The van der Waals surface area contributed by atoms with Crippen LogP contribution in [0.15, 0.2) is 18.2 Å². The molecule has 3 nitrogen and oxygen atoms in total. The lowest BCUT2D eigenvalue weighted by molar-refractivity contribution is -0.117. The molecule has 1 aliphatic heterocycles. The average molecular weight is 217 g/mol. The highest BCUT2D eigenvalue weighted by molar-refractivity contribution is 5.94. The molecule has 2 unspecified atom stereocenters. The van der Waals surface area contributed by atoms with Crippen LogP contribution < -0.4 is 10.1 Å². The molecule has 2 atom stereocenters. The lowest BCUT2D eigenvalue weighted by Crippen LogP contribution is -2.14. The molecule has 0 spiro atoms. The van der Waals surface area contributed by atoms with E-state index in [2.05, 4.69) is 12.2 Å². The molecular weight excluding hydrogens is 202 g/mol. The highest BCUT2D eigenvalue weighted by atomic mass is 16.5. The van der Waals surface area contributed by atoms with Crippen molar-refractivity contribution in [3.8, 4) is 5.75 Å². The number of benzene rings is 1. The van der Waals surface area contributed by atoms with Crippen LogP contribution in [0.4, 0.5) is 5.69 Å². The summed E-state index contributed by atoms with van der Waals surface area (Å²) in [6.45, 7) is 2.87. The molecule has 1 N–H and O–H groups in total. The van der Waals surface area contributed by atoms with E-state index in [0.717, 1.165) is 30.9 Å². The third-order valence-corrected chi connectivity index (χ3v) is 3.40. The van der Waals surface area contributed by atoms with Gasteiger partial charge in [-0.25, -0.2) is 0 Å². The molecule has 0 saturated heterocycles. The van der Waals surface area contributed by atoms with Crippen LogP contribution in [0.25, 0.3) is 0 Å². The minimum atomic E-state index is 0.159. The summed E-state index contributed by atoms with van der Waals surface area (Å²) in [5, 5.41) is 2.97. The molecule has 1 saturated carbocycles. The molecule has 0 aromatic heterocycles. The number of carbonyl (C=O) groups excluding carboxylic acids is 1. The third-order valence-electron chi connectivity index (χ3n) is 3.40. The summed E-state index contributed by atoms with van der Waals surface area (Å²) >= 11 is 0. The summed E-state index contributed by atoms with van der Waals surface area (Å²) in [7, 11) is 0. The van der Waals surface area contributed by atoms with Crippen LogP contribution in [0.3, 0.4) is 0 Å². The Labute approximate surface area is 94.8 Å². The fourth-order valence-corrected chi connectivity index (χ4v) is 2.19. The zero-order valence-electron chi connectivity index (χ0n) is 9.32. The Balaban J connectivity index is 1.73. The Bertz CT molecular complexity index is 442. The lowest BCUT2D eigenvalue weighted by atomic mass is 10.1. The van der Waals surface area contributed by atoms with Gasteiger partial charge in [0.2, 0.25) is 5.91 Å². The van der Waals surface area contributed by atoms with Crippen molar-refractivity contribution in [3.63, 3.8) is 0 Å². The van der Waals surface area contributed by atoms with Crippen LogP contribution in [0.5, 0.6) is 5.75 Å². The van der Waals surface area contributed by atoms with Gasteiger partial charge in [-0.15, -0.1) is 0 Å². The minimum absolute atomic E-state index is 0.159. The van der Waals surface area contributed by atoms with Crippen molar-refractivity contribution in [3.05, 3.63) is 23.8 Å². The van der Waals surface area contributed by atoms with Crippen LogP contribution in [-0.2, 0) is 11.2 Å². The number of nitrogens with one attached hydrogen (secondary N) is 1. The van der Waals surface area contributed by atoms with Crippen molar-refractivity contribution >= 4 is 11.6 Å². The molecule has 1 heterocycles. The number of amides is 1. The fourth-order valence-electron chi connectivity index (χ4n) is 2.19. The first-order chi connectivity index (χ1) is 7.74. The van der Waals surface area contributed by atoms with Gasteiger partial charge in [0, 0.05) is 18.0 Å². The maximum atomic E-state index is 11.7. The first kappa shape index (κ1) is 9.70. The van der Waals surface area contributed by atoms with Gasteiger partial charge in [0.05, 0.1) is 6.61 Å². The van der Waals surface area contributed by atoms with Crippen molar-refractivity contribution in [2.45, 2.75) is 19.8 Å². The molecule has 1 aliphatic carbocycles. The SMILES string of the molecule is CC1CC1C(=O)Nc1ccc2c(c1)CCO2. The van der Waals surface area contributed by atoms with Crippen molar-refractivity contribution < 1.29 is 9.53 Å². The van der Waals surface area contributed by atoms with Crippen LogP contribution in [0.2, 0.25) is 0 Å². The van der Waals surface area contributed by atoms with Crippen LogP contribution in [0, 0.1) is 11.8 Å². The van der Waals surface area contributed by atoms with Gasteiger partial charge in [-0.1, -0.05) is 6.92 Å². The van der Waals surface area contributed by atoms with E-state index >= 15 is 0 Å². The number of fused-ring (bicyclic) bond motifs is 1. The van der Waals surface area contributed by atoms with Crippen LogP contribution >= 0.6 is 0 Å². The molecule has 1 aromatic rings. The summed E-state index contributed by atoms with van der Waals surface area (Å²) in [5.74, 6) is 1.89. The van der Waals surface area contributed by atoms with Gasteiger partial charge in [-0.05, 0) is 36.1 Å². The molecule has 3 rings (SSSR count). The van der Waals surface area contributed by atoms with E-state index in [1.165, 1.54) is 5.56 Å². The van der Waals surface area contributed by atoms with Gasteiger partial charge in [0.25, 0.3) is 0 Å². The second kappa shape index (κ2) is 3.51. The van der Waals surface area contributed by atoms with E-state index in [1.807, 2.05) is 18.2 Å². The van der Waals surface area contributed by atoms with Gasteiger partial charge in [0.1, 0.15) is 5.75 Å². The Morgan fingerprint density at radius 3 is 3.06 bits per heavy atom. The normalized spacial score (nSPS) is 25.8. The fraction of sp³-hybridized carbons (Fsp3) is 0.462. The zero-order valence-corrected chi connectivity index (χ0v) is 9.32. The van der Waals surface area contributed by atoms with Crippen molar-refractivity contribution in [1.29, 1.82) is 0 Å². The van der Waals surface area contributed by atoms with Gasteiger partial charge < -0.3 is 10.1 Å². The smallest absolute Gasteiger partial charge is 0.227 e. The van der Waals surface area contributed by atoms with Gasteiger partial charge in [0.15, 0.2) is 0 Å². The molecule has 84 valence electrons. The standard InChI is InChI=1S/C13H15NO2/c1-8-6-11(8)13(15)14-10-2-3-12-9(7-10)4-5-16-12/h2-3,7-8,11H,4-6H2,1H3,(H,14,15). The topological polar surface area (TPSA) is 38.3 Å². The van der Waals surface area contributed by atoms with Gasteiger partial charge >= 0.3 is 0 Å². The quantitative estimate of drug-likeness (QED) is 0.824. The Morgan fingerprint density at radius 2 is 2.31 bits per heavy atom. The average Bonchev–Trinajstić information content (AvgIpc) is 2.83. The first-order valence-corrected chi connectivity index (χ1v) is 5.80. The zero-order chi connectivity index (χ0) is 11.1. The summed E-state index contributed by atoms with van der Waals surface area (Å²) in [6.07, 6.45) is 1.97. The summed E-state index contributed by atoms with van der Waals surface area (Å²) in [4.78, 5) is 11.7. The predicted octanol–water partition coefficient (Wildman–Crippen LogP) is 2.22. The molecule has 16 heavy (non-hydrogen) atoms. The highest BCUT2D eigenvalue weighted by Gasteiger charge is 2.39. The van der Waals surface area contributed by atoms with Crippen molar-refractivity contribution in [2.24, 2.45) is 11.8 Å². The van der Waals surface area contributed by atoms with Gasteiger partial charge in [-0.2, -0.15) is 0 Å².